The normalized spacial score (nSPS) is 16.3. The van der Waals surface area contributed by atoms with Crippen LogP contribution in [0.15, 0.2) is 10.9 Å². The highest BCUT2D eigenvalue weighted by atomic mass is 32.1. The summed E-state index contributed by atoms with van der Waals surface area (Å²) in [6.07, 6.45) is 2.73. The Morgan fingerprint density at radius 3 is 3.08 bits per heavy atom. The van der Waals surface area contributed by atoms with E-state index in [9.17, 15) is 0 Å². The molecule has 1 heterocycles. The minimum atomic E-state index is 0.820. The molecule has 0 radical (unpaired) electrons. The molecule has 2 N–H and O–H groups in total. The van der Waals surface area contributed by atoms with Crippen LogP contribution in [0.2, 0.25) is 0 Å². The van der Waals surface area contributed by atoms with E-state index < -0.39 is 0 Å². The highest BCUT2D eigenvalue weighted by Crippen LogP contribution is 2.17. The van der Waals surface area contributed by atoms with Crippen LogP contribution < -0.4 is 10.6 Å². The van der Waals surface area contributed by atoms with Crippen molar-refractivity contribution in [3.63, 3.8) is 0 Å². The molecular formula is C9H15N3S. The van der Waals surface area contributed by atoms with Gasteiger partial charge in [0.15, 0.2) is 0 Å². The molecule has 1 aromatic rings. The SMILES string of the molecule is c1nc(CNCCNC2CC2)cs1. The molecule has 0 atom stereocenters. The van der Waals surface area contributed by atoms with Crippen LogP contribution >= 0.6 is 11.3 Å². The third kappa shape index (κ3) is 3.42. The number of rotatable bonds is 6. The second kappa shape index (κ2) is 4.69. The Morgan fingerprint density at radius 2 is 2.38 bits per heavy atom. The molecule has 0 aliphatic heterocycles. The van der Waals surface area contributed by atoms with Gasteiger partial charge in [0.05, 0.1) is 11.2 Å². The maximum atomic E-state index is 4.20. The number of hydrogen-bond donors (Lipinski definition) is 2. The van der Waals surface area contributed by atoms with Crippen molar-refractivity contribution in [1.29, 1.82) is 0 Å². The van der Waals surface area contributed by atoms with Crippen molar-refractivity contribution >= 4 is 11.3 Å². The number of hydrogen-bond acceptors (Lipinski definition) is 4. The lowest BCUT2D eigenvalue weighted by molar-refractivity contribution is 0.605. The van der Waals surface area contributed by atoms with Gasteiger partial charge in [-0.15, -0.1) is 11.3 Å². The lowest BCUT2D eigenvalue weighted by Gasteiger charge is -2.03. The van der Waals surface area contributed by atoms with E-state index in [1.807, 2.05) is 5.51 Å². The molecule has 0 bridgehead atoms. The zero-order chi connectivity index (χ0) is 8.93. The van der Waals surface area contributed by atoms with E-state index in [0.29, 0.717) is 0 Å². The highest BCUT2D eigenvalue weighted by molar-refractivity contribution is 7.07. The van der Waals surface area contributed by atoms with Crippen molar-refractivity contribution < 1.29 is 0 Å². The third-order valence-electron chi connectivity index (χ3n) is 2.10. The number of aromatic nitrogens is 1. The van der Waals surface area contributed by atoms with E-state index in [2.05, 4.69) is 21.0 Å². The van der Waals surface area contributed by atoms with Gasteiger partial charge in [-0.05, 0) is 12.8 Å². The molecule has 13 heavy (non-hydrogen) atoms. The van der Waals surface area contributed by atoms with Gasteiger partial charge in [0.2, 0.25) is 0 Å². The lowest BCUT2D eigenvalue weighted by atomic mass is 10.4. The Hall–Kier alpha value is -0.450. The minimum absolute atomic E-state index is 0.820. The van der Waals surface area contributed by atoms with Gasteiger partial charge in [-0.2, -0.15) is 0 Å². The zero-order valence-corrected chi connectivity index (χ0v) is 8.44. The molecule has 0 saturated heterocycles. The average molecular weight is 197 g/mol. The van der Waals surface area contributed by atoms with Gasteiger partial charge in [-0.25, -0.2) is 4.98 Å². The predicted octanol–water partition coefficient (Wildman–Crippen LogP) is 0.985. The quantitative estimate of drug-likeness (QED) is 0.668. The molecule has 1 aliphatic carbocycles. The average Bonchev–Trinajstić information content (AvgIpc) is 2.81. The zero-order valence-electron chi connectivity index (χ0n) is 7.62. The first-order valence-corrected chi connectivity index (χ1v) is 5.70. The molecule has 0 amide bonds. The monoisotopic (exact) mass is 197 g/mol. The van der Waals surface area contributed by atoms with Gasteiger partial charge >= 0.3 is 0 Å². The molecule has 1 aliphatic rings. The van der Waals surface area contributed by atoms with E-state index in [0.717, 1.165) is 31.4 Å². The molecule has 2 rings (SSSR count). The fraction of sp³-hybridized carbons (Fsp3) is 0.667. The Balaban J connectivity index is 1.48. The summed E-state index contributed by atoms with van der Waals surface area (Å²) >= 11 is 1.65. The summed E-state index contributed by atoms with van der Waals surface area (Å²) in [6.45, 7) is 3.01. The van der Waals surface area contributed by atoms with Crippen molar-refractivity contribution in [3.8, 4) is 0 Å². The third-order valence-corrected chi connectivity index (χ3v) is 2.74. The van der Waals surface area contributed by atoms with Gasteiger partial charge in [0, 0.05) is 31.1 Å². The van der Waals surface area contributed by atoms with Crippen LogP contribution in [0.3, 0.4) is 0 Å². The fourth-order valence-corrected chi connectivity index (χ4v) is 1.75. The molecule has 0 aromatic carbocycles. The summed E-state index contributed by atoms with van der Waals surface area (Å²) in [5.74, 6) is 0. The summed E-state index contributed by atoms with van der Waals surface area (Å²) in [6, 6.07) is 0.820. The molecular weight excluding hydrogens is 182 g/mol. The van der Waals surface area contributed by atoms with Gasteiger partial charge in [-0.1, -0.05) is 0 Å². The molecule has 0 unspecified atom stereocenters. The fourth-order valence-electron chi connectivity index (χ4n) is 1.19. The van der Waals surface area contributed by atoms with Crippen LogP contribution in [0.25, 0.3) is 0 Å². The van der Waals surface area contributed by atoms with Crippen LogP contribution in [0.1, 0.15) is 18.5 Å². The van der Waals surface area contributed by atoms with Crippen molar-refractivity contribution in [2.75, 3.05) is 13.1 Å². The van der Waals surface area contributed by atoms with Crippen LogP contribution in [-0.2, 0) is 6.54 Å². The van der Waals surface area contributed by atoms with Crippen molar-refractivity contribution in [2.45, 2.75) is 25.4 Å². The summed E-state index contributed by atoms with van der Waals surface area (Å²) in [5, 5.41) is 8.89. The maximum absolute atomic E-state index is 4.20. The first-order valence-electron chi connectivity index (χ1n) is 4.76. The summed E-state index contributed by atoms with van der Waals surface area (Å²) in [7, 11) is 0. The predicted molar refractivity (Wildman–Crippen MR) is 54.8 cm³/mol. The van der Waals surface area contributed by atoms with Gasteiger partial charge in [0.1, 0.15) is 0 Å². The van der Waals surface area contributed by atoms with Gasteiger partial charge in [0.25, 0.3) is 0 Å². The first kappa shape index (κ1) is 9.12. The van der Waals surface area contributed by atoms with E-state index in [4.69, 9.17) is 0 Å². The van der Waals surface area contributed by atoms with E-state index >= 15 is 0 Å². The van der Waals surface area contributed by atoms with Gasteiger partial charge < -0.3 is 10.6 Å². The first-order chi connectivity index (χ1) is 6.45. The summed E-state index contributed by atoms with van der Waals surface area (Å²) in [4.78, 5) is 4.20. The van der Waals surface area contributed by atoms with Crippen LogP contribution in [0.5, 0.6) is 0 Å². The highest BCUT2D eigenvalue weighted by Gasteiger charge is 2.19. The molecule has 1 aromatic heterocycles. The van der Waals surface area contributed by atoms with Crippen LogP contribution in [0.4, 0.5) is 0 Å². The van der Waals surface area contributed by atoms with Crippen LogP contribution in [0, 0.1) is 0 Å². The Bertz CT molecular complexity index is 231. The summed E-state index contributed by atoms with van der Waals surface area (Å²) in [5.41, 5.74) is 3.02. The smallest absolute Gasteiger partial charge is 0.0795 e. The molecule has 4 heteroatoms. The Morgan fingerprint density at radius 1 is 1.46 bits per heavy atom. The topological polar surface area (TPSA) is 37.0 Å². The summed E-state index contributed by atoms with van der Waals surface area (Å²) < 4.78 is 0. The molecule has 0 spiro atoms. The van der Waals surface area contributed by atoms with E-state index in [1.165, 1.54) is 12.8 Å². The molecule has 1 fully saturated rings. The van der Waals surface area contributed by atoms with Crippen LogP contribution in [-0.4, -0.2) is 24.1 Å². The Kier molecular flexibility index (Phi) is 3.29. The largest absolute Gasteiger partial charge is 0.313 e. The maximum Gasteiger partial charge on any atom is 0.0795 e. The van der Waals surface area contributed by atoms with Crippen molar-refractivity contribution in [2.24, 2.45) is 0 Å². The van der Waals surface area contributed by atoms with Crippen molar-refractivity contribution in [1.82, 2.24) is 15.6 Å². The second-order valence-corrected chi connectivity index (χ2v) is 4.10. The molecule has 72 valence electrons. The van der Waals surface area contributed by atoms with Gasteiger partial charge in [-0.3, -0.25) is 0 Å². The molecule has 1 saturated carbocycles. The minimum Gasteiger partial charge on any atom is -0.313 e. The lowest BCUT2D eigenvalue weighted by Crippen LogP contribution is -2.28. The number of nitrogens with one attached hydrogen (secondary N) is 2. The second-order valence-electron chi connectivity index (χ2n) is 3.38. The molecule has 3 nitrogen and oxygen atoms in total. The van der Waals surface area contributed by atoms with Crippen molar-refractivity contribution in [3.05, 3.63) is 16.6 Å². The number of thiazole rings is 1. The Labute approximate surface area is 82.6 Å². The van der Waals surface area contributed by atoms with E-state index in [1.54, 1.807) is 11.3 Å². The standard InChI is InChI=1S/C9H15N3S/c1-2-8(1)11-4-3-10-5-9-6-13-7-12-9/h6-8,10-11H,1-5H2. The number of nitrogens with zero attached hydrogens (tertiary/aromatic N) is 1. The van der Waals surface area contributed by atoms with E-state index in [-0.39, 0.29) is 0 Å².